The first-order chi connectivity index (χ1) is 9.60. The van der Waals surface area contributed by atoms with Crippen LogP contribution in [0.3, 0.4) is 0 Å². The summed E-state index contributed by atoms with van der Waals surface area (Å²) >= 11 is 6.57. The van der Waals surface area contributed by atoms with E-state index in [0.717, 1.165) is 31.2 Å². The van der Waals surface area contributed by atoms with Crippen LogP contribution in [0.5, 0.6) is 0 Å². The molecular weight excluding hydrogens is 272 g/mol. The third-order valence-corrected chi connectivity index (χ3v) is 4.63. The highest BCUT2D eigenvalue weighted by atomic mass is 35.5. The zero-order valence-corrected chi connectivity index (χ0v) is 13.1. The van der Waals surface area contributed by atoms with Crippen LogP contribution >= 0.6 is 11.6 Å². The molecular formula is C17H25ClO2. The van der Waals surface area contributed by atoms with Crippen molar-refractivity contribution in [1.29, 1.82) is 0 Å². The lowest BCUT2D eigenvalue weighted by Crippen LogP contribution is -2.14. The second-order valence-corrected chi connectivity index (χ2v) is 5.83. The molecule has 1 rings (SSSR count). The maximum Gasteiger partial charge on any atom is 0.306 e. The molecule has 0 amide bonds. The molecule has 0 saturated heterocycles. The minimum atomic E-state index is -0.675. The predicted molar refractivity (Wildman–Crippen MR) is 84.1 cm³/mol. The number of hydrogen-bond donors (Lipinski definition) is 1. The summed E-state index contributed by atoms with van der Waals surface area (Å²) in [7, 11) is 0. The van der Waals surface area contributed by atoms with E-state index >= 15 is 0 Å². The monoisotopic (exact) mass is 296 g/mol. The Morgan fingerprint density at radius 3 is 2.30 bits per heavy atom. The molecule has 0 aliphatic carbocycles. The van der Waals surface area contributed by atoms with E-state index in [-0.39, 0.29) is 11.3 Å². The molecule has 112 valence electrons. The maximum absolute atomic E-state index is 11.0. The van der Waals surface area contributed by atoms with Gasteiger partial charge in [-0.15, -0.1) is 11.6 Å². The number of halogens is 1. The molecule has 0 fully saturated rings. The summed E-state index contributed by atoms with van der Waals surface area (Å²) in [6.45, 7) is 4.09. The molecule has 1 aromatic carbocycles. The standard InChI is InChI=1S/C17H25ClO2/c1-3-13(11-8-12-14(4-2)17(19)20)16(18)15-9-6-5-7-10-15/h5-7,9-10,13-14,16H,3-4,8,11-12H2,1-2H3,(H,19,20). The molecule has 2 nitrogen and oxygen atoms in total. The largest absolute Gasteiger partial charge is 0.481 e. The van der Waals surface area contributed by atoms with E-state index < -0.39 is 5.97 Å². The van der Waals surface area contributed by atoms with Gasteiger partial charge in [0.05, 0.1) is 11.3 Å². The van der Waals surface area contributed by atoms with Crippen LogP contribution in [-0.2, 0) is 4.79 Å². The number of rotatable bonds is 9. The van der Waals surface area contributed by atoms with Gasteiger partial charge in [0.15, 0.2) is 0 Å². The molecule has 0 aromatic heterocycles. The Hall–Kier alpha value is -1.02. The minimum Gasteiger partial charge on any atom is -0.481 e. The van der Waals surface area contributed by atoms with E-state index in [4.69, 9.17) is 16.7 Å². The molecule has 0 bridgehead atoms. The van der Waals surface area contributed by atoms with Crippen LogP contribution < -0.4 is 0 Å². The lowest BCUT2D eigenvalue weighted by atomic mass is 9.89. The van der Waals surface area contributed by atoms with E-state index in [0.29, 0.717) is 12.3 Å². The lowest BCUT2D eigenvalue weighted by Gasteiger charge is -2.22. The summed E-state index contributed by atoms with van der Waals surface area (Å²) in [5, 5.41) is 9.08. The summed E-state index contributed by atoms with van der Waals surface area (Å²) < 4.78 is 0. The Bertz CT molecular complexity index is 391. The van der Waals surface area contributed by atoms with Gasteiger partial charge in [-0.2, -0.15) is 0 Å². The molecule has 20 heavy (non-hydrogen) atoms. The van der Waals surface area contributed by atoms with Gasteiger partial charge < -0.3 is 5.11 Å². The third-order valence-electron chi connectivity index (χ3n) is 4.03. The molecule has 0 heterocycles. The summed E-state index contributed by atoms with van der Waals surface area (Å²) in [4.78, 5) is 11.0. The quantitative estimate of drug-likeness (QED) is 0.630. The Kier molecular flexibility index (Phi) is 7.68. The van der Waals surface area contributed by atoms with Gasteiger partial charge in [-0.05, 0) is 30.7 Å². The van der Waals surface area contributed by atoms with E-state index in [1.165, 1.54) is 0 Å². The van der Waals surface area contributed by atoms with Gasteiger partial charge in [-0.3, -0.25) is 4.79 Å². The van der Waals surface area contributed by atoms with Gasteiger partial charge in [-0.1, -0.05) is 57.0 Å². The normalized spacial score (nSPS) is 15.6. The summed E-state index contributed by atoms with van der Waals surface area (Å²) in [6, 6.07) is 10.1. The highest BCUT2D eigenvalue weighted by molar-refractivity contribution is 6.21. The molecule has 0 aliphatic rings. The average Bonchev–Trinajstić information content (AvgIpc) is 2.47. The molecule has 3 heteroatoms. The first-order valence-electron chi connectivity index (χ1n) is 7.51. The van der Waals surface area contributed by atoms with Crippen LogP contribution in [0.2, 0.25) is 0 Å². The smallest absolute Gasteiger partial charge is 0.306 e. The first-order valence-corrected chi connectivity index (χ1v) is 7.95. The molecule has 3 atom stereocenters. The Labute approximate surface area is 127 Å². The van der Waals surface area contributed by atoms with Crippen LogP contribution in [0.25, 0.3) is 0 Å². The van der Waals surface area contributed by atoms with Gasteiger partial charge in [0.1, 0.15) is 0 Å². The van der Waals surface area contributed by atoms with Crippen molar-refractivity contribution >= 4 is 17.6 Å². The molecule has 0 aliphatic heterocycles. The number of benzene rings is 1. The van der Waals surface area contributed by atoms with Crippen molar-refractivity contribution in [3.8, 4) is 0 Å². The van der Waals surface area contributed by atoms with Crippen LogP contribution in [0.4, 0.5) is 0 Å². The molecule has 1 aromatic rings. The fourth-order valence-electron chi connectivity index (χ4n) is 2.60. The molecule has 1 N–H and O–H groups in total. The number of carboxylic acids is 1. The number of aliphatic carboxylic acids is 1. The van der Waals surface area contributed by atoms with Crippen molar-refractivity contribution in [2.75, 3.05) is 0 Å². The highest BCUT2D eigenvalue weighted by Crippen LogP contribution is 2.34. The van der Waals surface area contributed by atoms with Crippen LogP contribution in [0, 0.1) is 11.8 Å². The predicted octanol–water partition coefficient (Wildman–Crippen LogP) is 5.27. The van der Waals surface area contributed by atoms with E-state index in [1.54, 1.807) is 0 Å². The van der Waals surface area contributed by atoms with Crippen molar-refractivity contribution in [3.63, 3.8) is 0 Å². The molecule has 0 saturated carbocycles. The van der Waals surface area contributed by atoms with Gasteiger partial charge in [0.2, 0.25) is 0 Å². The summed E-state index contributed by atoms with van der Waals surface area (Å²) in [5.74, 6) is -0.477. The van der Waals surface area contributed by atoms with Gasteiger partial charge in [-0.25, -0.2) is 0 Å². The third kappa shape index (κ3) is 5.16. The maximum atomic E-state index is 11.0. The molecule has 3 unspecified atom stereocenters. The van der Waals surface area contributed by atoms with Crippen molar-refractivity contribution in [2.45, 2.75) is 51.3 Å². The topological polar surface area (TPSA) is 37.3 Å². The van der Waals surface area contributed by atoms with Crippen molar-refractivity contribution in [2.24, 2.45) is 11.8 Å². The fourth-order valence-corrected chi connectivity index (χ4v) is 3.04. The second kappa shape index (κ2) is 9.02. The SMILES string of the molecule is CCC(CCCC(CC)C(Cl)c1ccccc1)C(=O)O. The average molecular weight is 297 g/mol. The Balaban J connectivity index is 2.49. The van der Waals surface area contributed by atoms with E-state index in [2.05, 4.69) is 19.1 Å². The second-order valence-electron chi connectivity index (χ2n) is 5.36. The van der Waals surface area contributed by atoms with E-state index in [1.807, 2.05) is 25.1 Å². The molecule has 0 radical (unpaired) electrons. The van der Waals surface area contributed by atoms with Crippen molar-refractivity contribution in [3.05, 3.63) is 35.9 Å². The van der Waals surface area contributed by atoms with E-state index in [9.17, 15) is 4.79 Å². The fraction of sp³-hybridized carbons (Fsp3) is 0.588. The zero-order valence-electron chi connectivity index (χ0n) is 12.4. The first kappa shape index (κ1) is 17.0. The van der Waals surface area contributed by atoms with Crippen molar-refractivity contribution < 1.29 is 9.90 Å². The zero-order chi connectivity index (χ0) is 15.0. The highest BCUT2D eigenvalue weighted by Gasteiger charge is 2.20. The summed E-state index contributed by atoms with van der Waals surface area (Å²) in [6.07, 6.45) is 4.39. The number of alkyl halides is 1. The van der Waals surface area contributed by atoms with Gasteiger partial charge in [0.25, 0.3) is 0 Å². The minimum absolute atomic E-state index is 0.0195. The van der Waals surface area contributed by atoms with Crippen LogP contribution in [0.15, 0.2) is 30.3 Å². The number of carbonyl (C=O) groups is 1. The molecule has 0 spiro atoms. The lowest BCUT2D eigenvalue weighted by molar-refractivity contribution is -0.142. The summed E-state index contributed by atoms with van der Waals surface area (Å²) in [5.41, 5.74) is 1.16. The Morgan fingerprint density at radius 2 is 1.80 bits per heavy atom. The van der Waals surface area contributed by atoms with Crippen LogP contribution in [0.1, 0.15) is 56.9 Å². The van der Waals surface area contributed by atoms with Gasteiger partial charge >= 0.3 is 5.97 Å². The number of carboxylic acid groups (broad SMARTS) is 1. The van der Waals surface area contributed by atoms with Gasteiger partial charge in [0, 0.05) is 0 Å². The Morgan fingerprint density at radius 1 is 1.15 bits per heavy atom. The van der Waals surface area contributed by atoms with Crippen LogP contribution in [-0.4, -0.2) is 11.1 Å². The van der Waals surface area contributed by atoms with Crippen molar-refractivity contribution in [1.82, 2.24) is 0 Å². The number of hydrogen-bond acceptors (Lipinski definition) is 1.